The Kier molecular flexibility index (Phi) is 3.20. The van der Waals surface area contributed by atoms with Gasteiger partial charge in [0.2, 0.25) is 0 Å². The highest BCUT2D eigenvalue weighted by molar-refractivity contribution is 5.44. The summed E-state index contributed by atoms with van der Waals surface area (Å²) in [5.41, 5.74) is 4.29. The van der Waals surface area contributed by atoms with Crippen molar-refractivity contribution in [3.63, 3.8) is 0 Å². The number of rotatable bonds is 4. The van der Waals surface area contributed by atoms with Crippen molar-refractivity contribution in [2.45, 2.75) is 20.4 Å². The first-order chi connectivity index (χ1) is 9.74. The van der Waals surface area contributed by atoms with Crippen molar-refractivity contribution in [1.29, 1.82) is 0 Å². The van der Waals surface area contributed by atoms with Gasteiger partial charge in [0.25, 0.3) is 0 Å². The second-order valence-corrected chi connectivity index (χ2v) is 4.62. The second kappa shape index (κ2) is 5.16. The first kappa shape index (κ1) is 12.4. The Labute approximate surface area is 116 Å². The summed E-state index contributed by atoms with van der Waals surface area (Å²) >= 11 is 0. The third kappa shape index (κ3) is 2.40. The highest BCUT2D eigenvalue weighted by atomic mass is 15.3. The van der Waals surface area contributed by atoms with Crippen molar-refractivity contribution in [3.8, 4) is 5.82 Å². The lowest BCUT2D eigenvalue weighted by Crippen LogP contribution is -2.03. The molecule has 3 aromatic heterocycles. The monoisotopic (exact) mass is 268 g/mol. The van der Waals surface area contributed by atoms with Crippen molar-refractivity contribution in [1.82, 2.24) is 25.0 Å². The van der Waals surface area contributed by atoms with Gasteiger partial charge in [-0.3, -0.25) is 5.10 Å². The maximum absolute atomic E-state index is 4.38. The third-order valence-corrected chi connectivity index (χ3v) is 3.24. The molecule has 0 aromatic carbocycles. The van der Waals surface area contributed by atoms with E-state index in [4.69, 9.17) is 0 Å². The molecule has 0 aliphatic rings. The quantitative estimate of drug-likeness (QED) is 0.761. The predicted octanol–water partition coefficient (Wildman–Crippen LogP) is 2.22. The van der Waals surface area contributed by atoms with Crippen LogP contribution in [0.4, 0.5) is 5.69 Å². The molecule has 0 amide bonds. The van der Waals surface area contributed by atoms with Crippen LogP contribution in [0.3, 0.4) is 0 Å². The van der Waals surface area contributed by atoms with Crippen molar-refractivity contribution >= 4 is 5.69 Å². The van der Waals surface area contributed by atoms with Gasteiger partial charge in [-0.15, -0.1) is 0 Å². The fraction of sp³-hybridized carbons (Fsp3) is 0.214. The Bertz CT molecular complexity index is 662. The molecule has 3 aromatic rings. The molecule has 0 unspecified atom stereocenters. The molecule has 20 heavy (non-hydrogen) atoms. The van der Waals surface area contributed by atoms with Crippen LogP contribution in [-0.4, -0.2) is 25.0 Å². The summed E-state index contributed by atoms with van der Waals surface area (Å²) in [7, 11) is 0. The molecule has 3 heterocycles. The maximum Gasteiger partial charge on any atom is 0.153 e. The van der Waals surface area contributed by atoms with Gasteiger partial charge < -0.3 is 5.32 Å². The molecule has 0 fully saturated rings. The number of hydrogen-bond acceptors (Lipinski definition) is 4. The van der Waals surface area contributed by atoms with E-state index < -0.39 is 0 Å². The number of H-pyrrole nitrogens is 1. The van der Waals surface area contributed by atoms with E-state index in [1.54, 1.807) is 10.9 Å². The van der Waals surface area contributed by atoms with Gasteiger partial charge in [-0.25, -0.2) is 9.67 Å². The van der Waals surface area contributed by atoms with Gasteiger partial charge in [-0.2, -0.15) is 10.2 Å². The minimum atomic E-state index is 0.733. The molecule has 6 heteroatoms. The zero-order valence-corrected chi connectivity index (χ0v) is 11.5. The Morgan fingerprint density at radius 1 is 1.30 bits per heavy atom. The van der Waals surface area contributed by atoms with Crippen LogP contribution in [0.2, 0.25) is 0 Å². The predicted molar refractivity (Wildman–Crippen MR) is 76.7 cm³/mol. The molecule has 0 aliphatic carbocycles. The number of pyridine rings is 1. The first-order valence-electron chi connectivity index (χ1n) is 6.44. The smallest absolute Gasteiger partial charge is 0.153 e. The van der Waals surface area contributed by atoms with Crippen LogP contribution in [0.15, 0.2) is 36.8 Å². The van der Waals surface area contributed by atoms with Crippen LogP contribution in [0.25, 0.3) is 5.82 Å². The number of hydrogen-bond donors (Lipinski definition) is 2. The molecule has 0 aliphatic heterocycles. The molecule has 0 saturated heterocycles. The number of aromatic nitrogens is 5. The second-order valence-electron chi connectivity index (χ2n) is 4.62. The zero-order chi connectivity index (χ0) is 13.9. The van der Waals surface area contributed by atoms with E-state index in [1.165, 1.54) is 5.56 Å². The number of anilines is 1. The molecule has 0 bridgehead atoms. The van der Waals surface area contributed by atoms with Crippen molar-refractivity contribution in [2.24, 2.45) is 0 Å². The van der Waals surface area contributed by atoms with Crippen LogP contribution in [0, 0.1) is 13.8 Å². The van der Waals surface area contributed by atoms with E-state index in [1.807, 2.05) is 44.4 Å². The van der Waals surface area contributed by atoms with Gasteiger partial charge in [0.1, 0.15) is 0 Å². The van der Waals surface area contributed by atoms with E-state index in [2.05, 4.69) is 25.6 Å². The Morgan fingerprint density at radius 2 is 2.20 bits per heavy atom. The normalized spacial score (nSPS) is 10.7. The van der Waals surface area contributed by atoms with Gasteiger partial charge in [-0.1, -0.05) is 0 Å². The highest BCUT2D eigenvalue weighted by Crippen LogP contribution is 2.14. The molecule has 0 spiro atoms. The zero-order valence-electron chi connectivity index (χ0n) is 11.5. The summed E-state index contributed by atoms with van der Waals surface area (Å²) in [5, 5.41) is 14.7. The lowest BCUT2D eigenvalue weighted by Gasteiger charge is -2.07. The van der Waals surface area contributed by atoms with E-state index in [9.17, 15) is 0 Å². The van der Waals surface area contributed by atoms with Crippen molar-refractivity contribution in [2.75, 3.05) is 5.32 Å². The van der Waals surface area contributed by atoms with Gasteiger partial charge in [-0.05, 0) is 32.0 Å². The summed E-state index contributed by atoms with van der Waals surface area (Å²) in [6.07, 6.45) is 5.41. The van der Waals surface area contributed by atoms with Crippen LogP contribution < -0.4 is 5.32 Å². The topological polar surface area (TPSA) is 71.4 Å². The summed E-state index contributed by atoms with van der Waals surface area (Å²) in [6.45, 7) is 4.76. The van der Waals surface area contributed by atoms with Gasteiger partial charge in [0, 0.05) is 30.2 Å². The molecule has 3 rings (SSSR count). The minimum absolute atomic E-state index is 0.733. The van der Waals surface area contributed by atoms with E-state index in [-0.39, 0.29) is 0 Å². The summed E-state index contributed by atoms with van der Waals surface area (Å²) < 4.78 is 1.73. The molecular formula is C14H16N6. The third-order valence-electron chi connectivity index (χ3n) is 3.24. The Morgan fingerprint density at radius 3 is 2.80 bits per heavy atom. The van der Waals surface area contributed by atoms with Crippen molar-refractivity contribution in [3.05, 3.63) is 53.7 Å². The molecule has 102 valence electrons. The SMILES string of the molecule is Cc1n[nH]c(C)c1CNc1ccc(-n2cccn2)nc1. The fourth-order valence-electron chi connectivity index (χ4n) is 2.06. The lowest BCUT2D eigenvalue weighted by molar-refractivity contribution is 0.847. The average molecular weight is 268 g/mol. The van der Waals surface area contributed by atoms with E-state index in [0.717, 1.165) is 29.4 Å². The average Bonchev–Trinajstić information content (AvgIpc) is 3.09. The number of aryl methyl sites for hydroxylation is 2. The summed E-state index contributed by atoms with van der Waals surface area (Å²) in [4.78, 5) is 4.38. The Hall–Kier alpha value is -2.63. The van der Waals surface area contributed by atoms with Crippen LogP contribution in [-0.2, 0) is 6.54 Å². The minimum Gasteiger partial charge on any atom is -0.380 e. The molecule has 0 atom stereocenters. The largest absolute Gasteiger partial charge is 0.380 e. The van der Waals surface area contributed by atoms with Crippen LogP contribution >= 0.6 is 0 Å². The van der Waals surface area contributed by atoms with Crippen molar-refractivity contribution < 1.29 is 0 Å². The maximum atomic E-state index is 4.38. The molecule has 2 N–H and O–H groups in total. The summed E-state index contributed by atoms with van der Waals surface area (Å²) in [5.74, 6) is 0.802. The van der Waals surface area contributed by atoms with Gasteiger partial charge >= 0.3 is 0 Å². The lowest BCUT2D eigenvalue weighted by atomic mass is 10.2. The molecule has 0 radical (unpaired) electrons. The molecular weight excluding hydrogens is 252 g/mol. The number of nitrogens with one attached hydrogen (secondary N) is 2. The van der Waals surface area contributed by atoms with E-state index in [0.29, 0.717) is 0 Å². The van der Waals surface area contributed by atoms with Crippen LogP contribution in [0.1, 0.15) is 17.0 Å². The standard InChI is InChI=1S/C14H16N6/c1-10-13(11(2)19-18-10)9-15-12-4-5-14(16-8-12)20-7-3-6-17-20/h3-8,15H,9H2,1-2H3,(H,18,19). The molecule has 6 nitrogen and oxygen atoms in total. The van der Waals surface area contributed by atoms with E-state index >= 15 is 0 Å². The highest BCUT2D eigenvalue weighted by Gasteiger charge is 2.06. The number of nitrogens with zero attached hydrogens (tertiary/aromatic N) is 4. The van der Waals surface area contributed by atoms with Crippen LogP contribution in [0.5, 0.6) is 0 Å². The molecule has 0 saturated carbocycles. The van der Waals surface area contributed by atoms with Gasteiger partial charge in [0.05, 0.1) is 17.6 Å². The first-order valence-corrected chi connectivity index (χ1v) is 6.44. The fourth-order valence-corrected chi connectivity index (χ4v) is 2.06. The van der Waals surface area contributed by atoms with Gasteiger partial charge in [0.15, 0.2) is 5.82 Å². The summed E-state index contributed by atoms with van der Waals surface area (Å²) in [6, 6.07) is 5.80. The number of aromatic amines is 1. The Balaban J connectivity index is 1.70.